The maximum atomic E-state index is 12.8. The van der Waals surface area contributed by atoms with Crippen molar-refractivity contribution < 1.29 is 13.2 Å². The molecule has 37 heavy (non-hydrogen) atoms. The van der Waals surface area contributed by atoms with Crippen LogP contribution in [0.3, 0.4) is 0 Å². The Hall–Kier alpha value is -4.24. The molecule has 2 N–H and O–H groups in total. The van der Waals surface area contributed by atoms with Crippen LogP contribution in [0.2, 0.25) is 0 Å². The third-order valence-corrected chi connectivity index (χ3v) is 7.55. The van der Waals surface area contributed by atoms with Crippen molar-refractivity contribution in [2.75, 3.05) is 21.5 Å². The highest BCUT2D eigenvalue weighted by atomic mass is 32.2. The zero-order valence-electron chi connectivity index (χ0n) is 20.6. The summed E-state index contributed by atoms with van der Waals surface area (Å²) in [7, 11) is -3.87. The van der Waals surface area contributed by atoms with Crippen molar-refractivity contribution in [1.29, 1.82) is 0 Å². The minimum atomic E-state index is -3.87. The average molecular weight is 514 g/mol. The van der Waals surface area contributed by atoms with Gasteiger partial charge in [-0.3, -0.25) is 4.79 Å². The number of hydrogen-bond acceptors (Lipinski definition) is 6. The number of para-hydroxylation sites is 1. The molecule has 1 aliphatic heterocycles. The molecule has 0 radical (unpaired) electrons. The molecule has 0 atom stereocenters. The lowest BCUT2D eigenvalue weighted by molar-refractivity contribution is 0.102. The monoisotopic (exact) mass is 513 g/mol. The molecule has 2 heterocycles. The Morgan fingerprint density at radius 1 is 0.919 bits per heavy atom. The van der Waals surface area contributed by atoms with Gasteiger partial charge in [0.1, 0.15) is 0 Å². The Kier molecular flexibility index (Phi) is 6.62. The Labute approximate surface area is 216 Å². The molecular weight excluding hydrogens is 486 g/mol. The molecule has 8 nitrogen and oxygen atoms in total. The van der Waals surface area contributed by atoms with Crippen molar-refractivity contribution in [3.63, 3.8) is 0 Å². The van der Waals surface area contributed by atoms with Crippen LogP contribution in [0.25, 0.3) is 0 Å². The number of rotatable bonds is 7. The molecule has 3 aromatic carbocycles. The summed E-state index contributed by atoms with van der Waals surface area (Å²) in [5, 5.41) is 2.82. The Balaban J connectivity index is 1.21. The Morgan fingerprint density at radius 2 is 1.59 bits per heavy atom. The molecule has 5 rings (SSSR count). The number of carbonyl (C=O) groups is 1. The van der Waals surface area contributed by atoms with E-state index in [0.717, 1.165) is 25.1 Å². The lowest BCUT2D eigenvalue weighted by Gasteiger charge is -2.19. The molecule has 1 amide bonds. The van der Waals surface area contributed by atoms with Crippen LogP contribution in [0.1, 0.15) is 32.9 Å². The van der Waals surface area contributed by atoms with Gasteiger partial charge in [0.05, 0.1) is 4.90 Å². The number of anilines is 3. The fourth-order valence-corrected chi connectivity index (χ4v) is 5.37. The first-order valence-corrected chi connectivity index (χ1v) is 13.4. The predicted molar refractivity (Wildman–Crippen MR) is 144 cm³/mol. The first kappa shape index (κ1) is 24.5. The zero-order valence-corrected chi connectivity index (χ0v) is 21.4. The van der Waals surface area contributed by atoms with E-state index in [2.05, 4.69) is 49.2 Å². The second-order valence-corrected chi connectivity index (χ2v) is 10.7. The molecule has 0 saturated heterocycles. The van der Waals surface area contributed by atoms with Gasteiger partial charge in [-0.25, -0.2) is 23.1 Å². The first-order valence-electron chi connectivity index (χ1n) is 12.0. The highest BCUT2D eigenvalue weighted by Crippen LogP contribution is 2.29. The molecule has 0 unspecified atom stereocenters. The largest absolute Gasteiger partial charge is 0.367 e. The van der Waals surface area contributed by atoms with Gasteiger partial charge in [0.15, 0.2) is 0 Å². The molecule has 1 aromatic heterocycles. The van der Waals surface area contributed by atoms with E-state index in [1.807, 2.05) is 12.1 Å². The molecule has 188 valence electrons. The summed E-state index contributed by atoms with van der Waals surface area (Å²) in [5.74, 6) is -0.247. The highest BCUT2D eigenvalue weighted by Gasteiger charge is 2.19. The number of aryl methyl sites for hydroxylation is 2. The van der Waals surface area contributed by atoms with E-state index in [0.29, 0.717) is 22.6 Å². The number of sulfonamides is 1. The van der Waals surface area contributed by atoms with Crippen LogP contribution in [0.5, 0.6) is 0 Å². The van der Waals surface area contributed by atoms with Crippen LogP contribution >= 0.6 is 0 Å². The average Bonchev–Trinajstić information content (AvgIpc) is 3.26. The zero-order chi connectivity index (χ0) is 26.0. The normalized spacial score (nSPS) is 12.8. The van der Waals surface area contributed by atoms with Crippen LogP contribution in [-0.4, -0.2) is 30.8 Å². The number of hydrogen-bond donors (Lipinski definition) is 2. The van der Waals surface area contributed by atoms with Crippen molar-refractivity contribution >= 4 is 33.3 Å². The fraction of sp³-hybridized carbons (Fsp3) is 0.179. The first-order chi connectivity index (χ1) is 17.8. The van der Waals surface area contributed by atoms with Gasteiger partial charge in [0, 0.05) is 41.4 Å². The van der Waals surface area contributed by atoms with Gasteiger partial charge in [-0.2, -0.15) is 0 Å². The molecular formula is C28H27N5O3S. The van der Waals surface area contributed by atoms with Crippen LogP contribution in [0.4, 0.5) is 17.3 Å². The van der Waals surface area contributed by atoms with Gasteiger partial charge in [-0.05, 0) is 79.9 Å². The number of nitrogens with one attached hydrogen (secondary N) is 2. The third kappa shape index (κ3) is 5.62. The third-order valence-electron chi connectivity index (χ3n) is 6.20. The van der Waals surface area contributed by atoms with Crippen LogP contribution in [-0.2, 0) is 23.0 Å². The smallest absolute Gasteiger partial charge is 0.264 e. The summed E-state index contributed by atoms with van der Waals surface area (Å²) in [6, 6.07) is 23.7. The van der Waals surface area contributed by atoms with Crippen molar-refractivity contribution in [2.24, 2.45) is 0 Å². The lowest BCUT2D eigenvalue weighted by atomic mass is 10.1. The summed E-state index contributed by atoms with van der Waals surface area (Å²) >= 11 is 0. The van der Waals surface area contributed by atoms with Gasteiger partial charge < -0.3 is 10.2 Å². The fourth-order valence-electron chi connectivity index (χ4n) is 4.42. The van der Waals surface area contributed by atoms with Crippen LogP contribution < -0.4 is 14.9 Å². The minimum absolute atomic E-state index is 0.0206. The summed E-state index contributed by atoms with van der Waals surface area (Å²) < 4.78 is 27.8. The van der Waals surface area contributed by atoms with Gasteiger partial charge in [-0.1, -0.05) is 30.3 Å². The van der Waals surface area contributed by atoms with E-state index in [-0.39, 0.29) is 16.8 Å². The van der Waals surface area contributed by atoms with Gasteiger partial charge in [-0.15, -0.1) is 0 Å². The molecule has 0 aliphatic carbocycles. The van der Waals surface area contributed by atoms with Gasteiger partial charge in [0.25, 0.3) is 15.9 Å². The number of nitrogens with zero attached hydrogens (tertiary/aromatic N) is 3. The maximum Gasteiger partial charge on any atom is 0.264 e. The summed E-state index contributed by atoms with van der Waals surface area (Å²) in [6.07, 6.45) is 1.05. The summed E-state index contributed by atoms with van der Waals surface area (Å²) in [6.45, 7) is 5.31. The van der Waals surface area contributed by atoms with Crippen LogP contribution in [0, 0.1) is 13.8 Å². The molecule has 0 spiro atoms. The summed E-state index contributed by atoms with van der Waals surface area (Å²) in [4.78, 5) is 23.4. The SMILES string of the molecule is Cc1cc(C)nc(NS(=O)(=O)c2ccc(NC(=O)c3ccc(CN4CCc5ccccc54)cc3)cc2)n1. The Morgan fingerprint density at radius 3 is 2.30 bits per heavy atom. The highest BCUT2D eigenvalue weighted by molar-refractivity contribution is 7.92. The number of amides is 1. The van der Waals surface area contributed by atoms with Gasteiger partial charge in [0.2, 0.25) is 5.95 Å². The molecule has 1 aliphatic rings. The van der Waals surface area contributed by atoms with Crippen molar-refractivity contribution in [3.05, 3.63) is 107 Å². The number of benzene rings is 3. The molecule has 9 heteroatoms. The number of fused-ring (bicyclic) bond motifs is 1. The quantitative estimate of drug-likeness (QED) is 0.371. The van der Waals surface area contributed by atoms with Crippen molar-refractivity contribution in [1.82, 2.24) is 9.97 Å². The molecule has 0 saturated carbocycles. The number of aromatic nitrogens is 2. The van der Waals surface area contributed by atoms with E-state index >= 15 is 0 Å². The summed E-state index contributed by atoms with van der Waals surface area (Å²) in [5.41, 5.74) is 6.11. The standard InChI is InChI=1S/C28H27N5O3S/c1-19-17-20(2)30-28(29-19)32-37(35,36)25-13-11-24(12-14-25)31-27(34)23-9-7-21(8-10-23)18-33-16-15-22-5-3-4-6-26(22)33/h3-14,17H,15-16,18H2,1-2H3,(H,31,34)(H,29,30,32). The van der Waals surface area contributed by atoms with E-state index in [1.165, 1.54) is 23.4 Å². The lowest BCUT2D eigenvalue weighted by Crippen LogP contribution is -2.19. The van der Waals surface area contributed by atoms with Crippen molar-refractivity contribution in [2.45, 2.75) is 31.7 Å². The van der Waals surface area contributed by atoms with E-state index < -0.39 is 10.0 Å². The second kappa shape index (κ2) is 10.0. The van der Waals surface area contributed by atoms with Gasteiger partial charge >= 0.3 is 0 Å². The second-order valence-electron chi connectivity index (χ2n) is 9.06. The Bertz CT molecular complexity index is 1530. The number of carbonyl (C=O) groups excluding carboxylic acids is 1. The predicted octanol–water partition coefficient (Wildman–Crippen LogP) is 4.71. The molecule has 0 fully saturated rings. The van der Waals surface area contributed by atoms with E-state index in [9.17, 15) is 13.2 Å². The maximum absolute atomic E-state index is 12.8. The minimum Gasteiger partial charge on any atom is -0.367 e. The topological polar surface area (TPSA) is 104 Å². The van der Waals surface area contributed by atoms with E-state index in [4.69, 9.17) is 0 Å². The van der Waals surface area contributed by atoms with Crippen molar-refractivity contribution in [3.8, 4) is 0 Å². The van der Waals surface area contributed by atoms with E-state index in [1.54, 1.807) is 44.2 Å². The van der Waals surface area contributed by atoms with Crippen LogP contribution in [0.15, 0.2) is 83.8 Å². The molecule has 0 bridgehead atoms. The molecule has 4 aromatic rings.